The molecule has 2 fully saturated rings. The fourth-order valence-electron chi connectivity index (χ4n) is 3.46. The van der Waals surface area contributed by atoms with Crippen LogP contribution in [0.1, 0.15) is 23.2 Å². The van der Waals surface area contributed by atoms with Crippen molar-refractivity contribution in [2.45, 2.75) is 18.4 Å². The number of nitrogens with zero attached hydrogens (tertiary/aromatic N) is 4. The predicted molar refractivity (Wildman–Crippen MR) is 92.4 cm³/mol. The van der Waals surface area contributed by atoms with Crippen molar-refractivity contribution in [2.24, 2.45) is 0 Å². The van der Waals surface area contributed by atoms with E-state index in [-0.39, 0.29) is 11.5 Å². The molecule has 1 amide bonds. The predicted octanol–water partition coefficient (Wildman–Crippen LogP) is 2.05. The molecule has 4 rings (SSSR count). The van der Waals surface area contributed by atoms with Gasteiger partial charge in [0, 0.05) is 37.4 Å². The zero-order chi connectivity index (χ0) is 16.4. The second-order valence-electron chi connectivity index (χ2n) is 6.31. The summed E-state index contributed by atoms with van der Waals surface area (Å²) in [6.45, 7) is 3.65. The number of anilines is 1. The number of ether oxygens (including phenoxy) is 1. The molecule has 6 nitrogen and oxygen atoms in total. The molecule has 2 aromatic heterocycles. The van der Waals surface area contributed by atoms with Crippen LogP contribution in [0, 0.1) is 0 Å². The first-order valence-electron chi connectivity index (χ1n) is 8.23. The molecule has 2 aliphatic heterocycles. The monoisotopic (exact) mass is 344 g/mol. The molecule has 126 valence electrons. The third-order valence-electron chi connectivity index (χ3n) is 4.81. The number of thiophene rings is 1. The van der Waals surface area contributed by atoms with Crippen LogP contribution in [0.25, 0.3) is 0 Å². The molecule has 2 aliphatic rings. The van der Waals surface area contributed by atoms with Gasteiger partial charge in [-0.15, -0.1) is 0 Å². The molecule has 2 aromatic rings. The first-order valence-corrected chi connectivity index (χ1v) is 9.17. The second-order valence-corrected chi connectivity index (χ2v) is 7.09. The number of hydrogen-bond acceptors (Lipinski definition) is 6. The lowest BCUT2D eigenvalue weighted by Gasteiger charge is -2.47. The molecule has 0 bridgehead atoms. The Balaban J connectivity index is 1.42. The first kappa shape index (κ1) is 15.5. The Morgan fingerprint density at radius 1 is 1.21 bits per heavy atom. The van der Waals surface area contributed by atoms with E-state index in [1.807, 2.05) is 27.8 Å². The van der Waals surface area contributed by atoms with Crippen molar-refractivity contribution in [3.63, 3.8) is 0 Å². The smallest absolute Gasteiger partial charge is 0.254 e. The summed E-state index contributed by atoms with van der Waals surface area (Å²) in [6, 6.07) is 3.72. The summed E-state index contributed by atoms with van der Waals surface area (Å²) in [7, 11) is 0. The molecular weight excluding hydrogens is 324 g/mol. The highest BCUT2D eigenvalue weighted by molar-refractivity contribution is 7.08. The van der Waals surface area contributed by atoms with Crippen molar-refractivity contribution < 1.29 is 9.53 Å². The van der Waals surface area contributed by atoms with Gasteiger partial charge in [0.2, 0.25) is 5.95 Å². The minimum absolute atomic E-state index is 0.118. The van der Waals surface area contributed by atoms with Crippen molar-refractivity contribution in [3.8, 4) is 0 Å². The van der Waals surface area contributed by atoms with Gasteiger partial charge in [0.1, 0.15) is 0 Å². The Hall–Kier alpha value is -1.99. The molecule has 4 heterocycles. The Kier molecular flexibility index (Phi) is 4.20. The summed E-state index contributed by atoms with van der Waals surface area (Å²) in [5.41, 5.74) is 0.557. The fourth-order valence-corrected chi connectivity index (χ4v) is 4.09. The minimum Gasteiger partial charge on any atom is -0.371 e. The Morgan fingerprint density at radius 3 is 2.71 bits per heavy atom. The Labute approximate surface area is 145 Å². The lowest BCUT2D eigenvalue weighted by molar-refractivity contribution is -0.111. The second kappa shape index (κ2) is 6.49. The van der Waals surface area contributed by atoms with Gasteiger partial charge in [-0.05, 0) is 30.4 Å². The molecule has 0 aliphatic carbocycles. The summed E-state index contributed by atoms with van der Waals surface area (Å²) in [5, 5.41) is 3.86. The van der Waals surface area contributed by atoms with Crippen LogP contribution in [0.5, 0.6) is 0 Å². The number of amides is 1. The molecule has 0 aromatic carbocycles. The standard InChI is InChI=1S/C17H20N4O2S/c22-15(14-2-11-24-12-14)21-9-10-23-17(13-21)3-7-20(8-4-17)16-18-5-1-6-19-16/h1-2,5-6,11-12H,3-4,7-10,13H2. The maximum Gasteiger partial charge on any atom is 0.254 e. The van der Waals surface area contributed by atoms with Gasteiger partial charge in [0.05, 0.1) is 24.3 Å². The van der Waals surface area contributed by atoms with E-state index in [9.17, 15) is 4.79 Å². The van der Waals surface area contributed by atoms with Crippen molar-refractivity contribution in [2.75, 3.05) is 37.7 Å². The van der Waals surface area contributed by atoms with Gasteiger partial charge in [-0.3, -0.25) is 4.79 Å². The third-order valence-corrected chi connectivity index (χ3v) is 5.50. The molecule has 2 saturated heterocycles. The topological polar surface area (TPSA) is 58.6 Å². The lowest BCUT2D eigenvalue weighted by atomic mass is 9.89. The summed E-state index contributed by atoms with van der Waals surface area (Å²) in [4.78, 5) is 25.4. The first-order chi connectivity index (χ1) is 11.8. The molecule has 0 N–H and O–H groups in total. The number of aromatic nitrogens is 2. The third kappa shape index (κ3) is 3.01. The zero-order valence-electron chi connectivity index (χ0n) is 13.4. The molecule has 7 heteroatoms. The number of hydrogen-bond donors (Lipinski definition) is 0. The largest absolute Gasteiger partial charge is 0.371 e. The van der Waals surface area contributed by atoms with E-state index in [0.717, 1.165) is 37.4 Å². The van der Waals surface area contributed by atoms with Crippen LogP contribution < -0.4 is 4.90 Å². The van der Waals surface area contributed by atoms with Gasteiger partial charge in [-0.25, -0.2) is 9.97 Å². The van der Waals surface area contributed by atoms with Crippen molar-refractivity contribution in [3.05, 3.63) is 40.8 Å². The molecule has 0 unspecified atom stereocenters. The highest BCUT2D eigenvalue weighted by Gasteiger charge is 2.41. The molecule has 0 atom stereocenters. The zero-order valence-corrected chi connectivity index (χ0v) is 14.2. The van der Waals surface area contributed by atoms with Crippen LogP contribution in [0.3, 0.4) is 0 Å². The van der Waals surface area contributed by atoms with Gasteiger partial charge in [0.15, 0.2) is 0 Å². The van der Waals surface area contributed by atoms with E-state index < -0.39 is 0 Å². The lowest BCUT2D eigenvalue weighted by Crippen LogP contribution is -2.58. The van der Waals surface area contributed by atoms with Crippen LogP contribution in [0.2, 0.25) is 0 Å². The van der Waals surface area contributed by atoms with E-state index in [1.165, 1.54) is 0 Å². The van der Waals surface area contributed by atoms with Gasteiger partial charge < -0.3 is 14.5 Å². The normalized spacial score (nSPS) is 20.3. The molecular formula is C17H20N4O2S. The van der Waals surface area contributed by atoms with Crippen molar-refractivity contribution >= 4 is 23.2 Å². The fraction of sp³-hybridized carbons (Fsp3) is 0.471. The van der Waals surface area contributed by atoms with Crippen LogP contribution in [-0.4, -0.2) is 59.2 Å². The maximum absolute atomic E-state index is 12.6. The van der Waals surface area contributed by atoms with E-state index in [1.54, 1.807) is 23.7 Å². The van der Waals surface area contributed by atoms with Crippen LogP contribution >= 0.6 is 11.3 Å². The van der Waals surface area contributed by atoms with E-state index in [2.05, 4.69) is 14.9 Å². The Morgan fingerprint density at radius 2 is 2.00 bits per heavy atom. The average molecular weight is 344 g/mol. The van der Waals surface area contributed by atoms with Crippen LogP contribution in [0.4, 0.5) is 5.95 Å². The van der Waals surface area contributed by atoms with E-state index in [4.69, 9.17) is 4.74 Å². The summed E-state index contributed by atoms with van der Waals surface area (Å²) in [6.07, 6.45) is 5.31. The quantitative estimate of drug-likeness (QED) is 0.834. The van der Waals surface area contributed by atoms with Gasteiger partial charge in [0.25, 0.3) is 5.91 Å². The van der Waals surface area contributed by atoms with Crippen LogP contribution in [-0.2, 0) is 4.74 Å². The highest BCUT2D eigenvalue weighted by Crippen LogP contribution is 2.31. The van der Waals surface area contributed by atoms with Gasteiger partial charge >= 0.3 is 0 Å². The Bertz CT molecular complexity index is 684. The molecule has 0 saturated carbocycles. The van der Waals surface area contributed by atoms with Crippen molar-refractivity contribution in [1.82, 2.24) is 14.9 Å². The molecule has 1 spiro atoms. The highest BCUT2D eigenvalue weighted by atomic mass is 32.1. The van der Waals surface area contributed by atoms with E-state index >= 15 is 0 Å². The van der Waals surface area contributed by atoms with E-state index in [0.29, 0.717) is 19.7 Å². The van der Waals surface area contributed by atoms with Crippen molar-refractivity contribution in [1.29, 1.82) is 0 Å². The number of carbonyl (C=O) groups excluding carboxylic acids is 1. The maximum atomic E-state index is 12.6. The van der Waals surface area contributed by atoms with Gasteiger partial charge in [-0.1, -0.05) is 0 Å². The summed E-state index contributed by atoms with van der Waals surface area (Å²) in [5.74, 6) is 0.891. The number of piperidine rings is 1. The van der Waals surface area contributed by atoms with Crippen LogP contribution in [0.15, 0.2) is 35.3 Å². The number of morpholine rings is 1. The SMILES string of the molecule is O=C(c1ccsc1)N1CCOC2(CCN(c3ncccn3)CC2)C1. The average Bonchev–Trinajstić information content (AvgIpc) is 3.17. The minimum atomic E-state index is -0.227. The molecule has 24 heavy (non-hydrogen) atoms. The van der Waals surface area contributed by atoms with Gasteiger partial charge in [-0.2, -0.15) is 11.3 Å². The number of carbonyl (C=O) groups is 1. The number of rotatable bonds is 2. The summed E-state index contributed by atoms with van der Waals surface area (Å²) < 4.78 is 6.13. The molecule has 0 radical (unpaired) electrons. The summed E-state index contributed by atoms with van der Waals surface area (Å²) >= 11 is 1.56.